The second-order valence-electron chi connectivity index (χ2n) is 5.90. The second kappa shape index (κ2) is 9.47. The molecule has 0 spiro atoms. The van der Waals surface area contributed by atoms with Gasteiger partial charge in [-0.1, -0.05) is 54.6 Å². The smallest absolute Gasteiger partial charge is 0.408 e. The maximum atomic E-state index is 12.0. The van der Waals surface area contributed by atoms with Crippen LogP contribution in [0.25, 0.3) is 0 Å². The van der Waals surface area contributed by atoms with Gasteiger partial charge in [0.2, 0.25) is 5.91 Å². The van der Waals surface area contributed by atoms with Crippen LogP contribution in [0, 0.1) is 6.92 Å². The molecule has 2 amide bonds. The zero-order valence-corrected chi connectivity index (χ0v) is 14.6. The van der Waals surface area contributed by atoms with Crippen molar-refractivity contribution in [1.82, 2.24) is 10.6 Å². The zero-order chi connectivity index (χ0) is 18.1. The van der Waals surface area contributed by atoms with Crippen molar-refractivity contribution in [1.29, 1.82) is 0 Å². The van der Waals surface area contributed by atoms with E-state index in [1.54, 1.807) is 6.92 Å². The quantitative estimate of drug-likeness (QED) is 0.814. The summed E-state index contributed by atoms with van der Waals surface area (Å²) in [5, 5.41) is 5.36. The Morgan fingerprint density at radius 1 is 1.04 bits per heavy atom. The average Bonchev–Trinajstić information content (AvgIpc) is 2.62. The third-order valence-corrected chi connectivity index (χ3v) is 3.90. The Morgan fingerprint density at radius 2 is 1.72 bits per heavy atom. The Labute approximate surface area is 148 Å². The van der Waals surface area contributed by atoms with Gasteiger partial charge in [-0.25, -0.2) is 4.79 Å². The minimum absolute atomic E-state index is 0.175. The fourth-order valence-electron chi connectivity index (χ4n) is 2.37. The summed E-state index contributed by atoms with van der Waals surface area (Å²) in [6.45, 7) is 4.38. The van der Waals surface area contributed by atoms with Crippen molar-refractivity contribution in [2.24, 2.45) is 0 Å². The molecule has 0 aliphatic heterocycles. The second-order valence-corrected chi connectivity index (χ2v) is 5.90. The standard InChI is InChI=1S/C20H24N2O3/c1-15-8-6-7-11-18(15)12-13-21-19(23)16(2)22-20(24)25-14-17-9-4-3-5-10-17/h3-11,16H,12-14H2,1-2H3,(H,21,23)(H,22,24). The number of benzene rings is 2. The predicted molar refractivity (Wildman–Crippen MR) is 97.1 cm³/mol. The monoisotopic (exact) mass is 340 g/mol. The molecule has 0 aliphatic carbocycles. The summed E-state index contributed by atoms with van der Waals surface area (Å²) in [7, 11) is 0. The molecule has 25 heavy (non-hydrogen) atoms. The van der Waals surface area contributed by atoms with E-state index < -0.39 is 12.1 Å². The van der Waals surface area contributed by atoms with E-state index in [1.165, 1.54) is 11.1 Å². The molecule has 2 N–H and O–H groups in total. The van der Waals surface area contributed by atoms with E-state index in [2.05, 4.69) is 10.6 Å². The number of ether oxygens (including phenoxy) is 1. The summed E-state index contributed by atoms with van der Waals surface area (Å²) in [5.41, 5.74) is 3.30. The summed E-state index contributed by atoms with van der Waals surface area (Å²) in [6, 6.07) is 16.8. The number of nitrogens with one attached hydrogen (secondary N) is 2. The maximum absolute atomic E-state index is 12.0. The maximum Gasteiger partial charge on any atom is 0.408 e. The van der Waals surface area contributed by atoms with Crippen LogP contribution in [0.15, 0.2) is 54.6 Å². The summed E-state index contributed by atoms with van der Waals surface area (Å²) in [5.74, 6) is -0.231. The lowest BCUT2D eigenvalue weighted by Crippen LogP contribution is -2.45. The van der Waals surface area contributed by atoms with Crippen LogP contribution in [0.5, 0.6) is 0 Å². The molecular formula is C20H24N2O3. The molecule has 0 heterocycles. The number of hydrogen-bond acceptors (Lipinski definition) is 3. The van der Waals surface area contributed by atoms with Crippen LogP contribution in [-0.2, 0) is 22.6 Å². The molecule has 1 unspecified atom stereocenters. The highest BCUT2D eigenvalue weighted by atomic mass is 16.5. The van der Waals surface area contributed by atoms with Gasteiger partial charge in [0.1, 0.15) is 12.6 Å². The van der Waals surface area contributed by atoms with Crippen molar-refractivity contribution in [3.63, 3.8) is 0 Å². The van der Waals surface area contributed by atoms with Gasteiger partial charge in [-0.3, -0.25) is 4.79 Å². The Bertz CT molecular complexity index is 701. The van der Waals surface area contributed by atoms with Crippen molar-refractivity contribution < 1.29 is 14.3 Å². The van der Waals surface area contributed by atoms with E-state index in [0.29, 0.717) is 6.54 Å². The minimum Gasteiger partial charge on any atom is -0.445 e. The zero-order valence-electron chi connectivity index (χ0n) is 14.6. The lowest BCUT2D eigenvalue weighted by atomic mass is 10.1. The van der Waals surface area contributed by atoms with Crippen molar-refractivity contribution in [3.05, 3.63) is 71.3 Å². The van der Waals surface area contributed by atoms with Gasteiger partial charge in [0.25, 0.3) is 0 Å². The van der Waals surface area contributed by atoms with E-state index in [9.17, 15) is 9.59 Å². The highest BCUT2D eigenvalue weighted by molar-refractivity contribution is 5.85. The van der Waals surface area contributed by atoms with Crippen molar-refractivity contribution in [3.8, 4) is 0 Å². The molecule has 5 nitrogen and oxygen atoms in total. The van der Waals surface area contributed by atoms with E-state index in [4.69, 9.17) is 4.74 Å². The molecule has 2 rings (SSSR count). The van der Waals surface area contributed by atoms with Crippen LogP contribution in [0.3, 0.4) is 0 Å². The summed E-state index contributed by atoms with van der Waals surface area (Å²) >= 11 is 0. The lowest BCUT2D eigenvalue weighted by Gasteiger charge is -2.14. The number of aryl methyl sites for hydroxylation is 1. The van der Waals surface area contributed by atoms with Gasteiger partial charge in [-0.2, -0.15) is 0 Å². The van der Waals surface area contributed by atoms with Crippen molar-refractivity contribution in [2.45, 2.75) is 32.9 Å². The molecular weight excluding hydrogens is 316 g/mol. The van der Waals surface area contributed by atoms with Crippen molar-refractivity contribution in [2.75, 3.05) is 6.54 Å². The molecule has 0 aromatic heterocycles. The molecule has 0 bridgehead atoms. The van der Waals surface area contributed by atoms with Crippen LogP contribution in [0.4, 0.5) is 4.79 Å². The number of carbonyl (C=O) groups is 2. The predicted octanol–water partition coefficient (Wildman–Crippen LogP) is 2.97. The summed E-state index contributed by atoms with van der Waals surface area (Å²) in [6.07, 6.45) is 0.147. The topological polar surface area (TPSA) is 67.4 Å². The lowest BCUT2D eigenvalue weighted by molar-refractivity contribution is -0.122. The number of amides is 2. The first kappa shape index (κ1) is 18.5. The van der Waals surface area contributed by atoms with E-state index in [-0.39, 0.29) is 12.5 Å². The number of carbonyl (C=O) groups excluding carboxylic acids is 2. The first-order chi connectivity index (χ1) is 12.1. The highest BCUT2D eigenvalue weighted by Crippen LogP contribution is 2.06. The number of rotatable bonds is 7. The molecule has 1 atom stereocenters. The van der Waals surface area contributed by atoms with E-state index >= 15 is 0 Å². The van der Waals surface area contributed by atoms with Gasteiger partial charge < -0.3 is 15.4 Å². The molecule has 0 saturated carbocycles. The Morgan fingerprint density at radius 3 is 2.44 bits per heavy atom. The van der Waals surface area contributed by atoms with Gasteiger partial charge in [0.15, 0.2) is 0 Å². The van der Waals surface area contributed by atoms with Crippen LogP contribution >= 0.6 is 0 Å². The molecule has 2 aromatic carbocycles. The van der Waals surface area contributed by atoms with Gasteiger partial charge in [-0.05, 0) is 37.0 Å². The Kier molecular flexibility index (Phi) is 7.01. The van der Waals surface area contributed by atoms with Crippen LogP contribution < -0.4 is 10.6 Å². The molecule has 0 aliphatic rings. The van der Waals surface area contributed by atoms with E-state index in [0.717, 1.165) is 12.0 Å². The average molecular weight is 340 g/mol. The Hall–Kier alpha value is -2.82. The molecule has 0 fully saturated rings. The van der Waals surface area contributed by atoms with Gasteiger partial charge >= 0.3 is 6.09 Å². The molecule has 2 aromatic rings. The van der Waals surface area contributed by atoms with Crippen LogP contribution in [-0.4, -0.2) is 24.6 Å². The SMILES string of the molecule is Cc1ccccc1CCNC(=O)C(C)NC(=O)OCc1ccccc1. The number of hydrogen-bond donors (Lipinski definition) is 2. The first-order valence-electron chi connectivity index (χ1n) is 8.35. The highest BCUT2D eigenvalue weighted by Gasteiger charge is 2.15. The fourth-order valence-corrected chi connectivity index (χ4v) is 2.37. The third-order valence-electron chi connectivity index (χ3n) is 3.90. The number of alkyl carbamates (subject to hydrolysis) is 1. The molecule has 5 heteroatoms. The normalized spacial score (nSPS) is 11.4. The van der Waals surface area contributed by atoms with Gasteiger partial charge in [0.05, 0.1) is 0 Å². The molecule has 132 valence electrons. The summed E-state index contributed by atoms with van der Waals surface area (Å²) < 4.78 is 5.11. The largest absolute Gasteiger partial charge is 0.445 e. The minimum atomic E-state index is -0.653. The third kappa shape index (κ3) is 6.30. The fraction of sp³-hybridized carbons (Fsp3) is 0.300. The van der Waals surface area contributed by atoms with Crippen molar-refractivity contribution >= 4 is 12.0 Å². The van der Waals surface area contributed by atoms with Gasteiger partial charge in [-0.15, -0.1) is 0 Å². The van der Waals surface area contributed by atoms with Gasteiger partial charge in [0, 0.05) is 6.54 Å². The summed E-state index contributed by atoms with van der Waals surface area (Å²) in [4.78, 5) is 23.8. The Balaban J connectivity index is 1.69. The molecule has 0 saturated heterocycles. The molecule has 0 radical (unpaired) electrons. The van der Waals surface area contributed by atoms with Crippen LogP contribution in [0.2, 0.25) is 0 Å². The van der Waals surface area contributed by atoms with E-state index in [1.807, 2.05) is 61.5 Å². The first-order valence-corrected chi connectivity index (χ1v) is 8.35. The van der Waals surface area contributed by atoms with Crippen LogP contribution in [0.1, 0.15) is 23.6 Å².